The van der Waals surface area contributed by atoms with Crippen molar-refractivity contribution < 1.29 is 13.9 Å². The van der Waals surface area contributed by atoms with Crippen molar-refractivity contribution in [2.24, 2.45) is 0 Å². The van der Waals surface area contributed by atoms with Crippen molar-refractivity contribution in [2.75, 3.05) is 33.8 Å². The summed E-state index contributed by atoms with van der Waals surface area (Å²) < 4.78 is 11.8. The van der Waals surface area contributed by atoms with E-state index in [0.717, 1.165) is 29.7 Å². The van der Waals surface area contributed by atoms with Crippen molar-refractivity contribution in [3.8, 4) is 5.75 Å². The average Bonchev–Trinajstić information content (AvgIpc) is 3.05. The van der Waals surface area contributed by atoms with Crippen LogP contribution in [0.3, 0.4) is 0 Å². The molecule has 1 unspecified atom stereocenters. The Balaban J connectivity index is 1.79. The normalized spacial score (nSPS) is 15.6. The molecule has 1 amide bonds. The number of benzene rings is 2. The zero-order valence-electron chi connectivity index (χ0n) is 19.2. The number of unbranched alkanes of at least 4 members (excludes halogenated alkanes) is 1. The van der Waals surface area contributed by atoms with E-state index in [2.05, 4.69) is 6.92 Å². The molecule has 1 aliphatic heterocycles. The predicted molar refractivity (Wildman–Crippen MR) is 125 cm³/mol. The van der Waals surface area contributed by atoms with E-state index in [1.807, 2.05) is 62.3 Å². The molecule has 2 aromatic carbocycles. The molecule has 0 aliphatic carbocycles. The van der Waals surface area contributed by atoms with Gasteiger partial charge >= 0.3 is 0 Å². The monoisotopic (exact) mass is 434 g/mol. The van der Waals surface area contributed by atoms with Crippen LogP contribution in [0.4, 0.5) is 0 Å². The van der Waals surface area contributed by atoms with Gasteiger partial charge < -0.3 is 19.0 Å². The van der Waals surface area contributed by atoms with E-state index in [-0.39, 0.29) is 17.1 Å². The van der Waals surface area contributed by atoms with Gasteiger partial charge in [-0.3, -0.25) is 9.59 Å². The fraction of sp³-hybridized carbons (Fsp3) is 0.385. The van der Waals surface area contributed by atoms with Crippen molar-refractivity contribution in [1.29, 1.82) is 0 Å². The number of likely N-dealkylation sites (N-methyl/N-ethyl adjacent to an activating group) is 1. The minimum atomic E-state index is -0.483. The van der Waals surface area contributed by atoms with Crippen LogP contribution in [-0.4, -0.2) is 49.5 Å². The predicted octanol–water partition coefficient (Wildman–Crippen LogP) is 4.39. The number of hydrogen-bond donors (Lipinski definition) is 0. The number of ether oxygens (including phenoxy) is 1. The highest BCUT2D eigenvalue weighted by Crippen LogP contribution is 2.38. The van der Waals surface area contributed by atoms with Crippen molar-refractivity contribution in [3.05, 3.63) is 75.1 Å². The molecule has 0 spiro atoms. The molecule has 1 aromatic heterocycles. The van der Waals surface area contributed by atoms with Crippen LogP contribution in [0.25, 0.3) is 11.0 Å². The van der Waals surface area contributed by atoms with Crippen LogP contribution in [0.1, 0.15) is 53.1 Å². The molecule has 1 aliphatic rings. The summed E-state index contributed by atoms with van der Waals surface area (Å²) in [5.41, 5.74) is 2.58. The fourth-order valence-electron chi connectivity index (χ4n) is 4.10. The Labute approximate surface area is 188 Å². The van der Waals surface area contributed by atoms with Crippen LogP contribution in [0.5, 0.6) is 5.75 Å². The number of carbonyl (C=O) groups excluding carboxylic acids is 1. The second-order valence-electron chi connectivity index (χ2n) is 8.65. The number of aryl methyl sites for hydroxylation is 1. The topological polar surface area (TPSA) is 63.0 Å². The molecule has 0 saturated carbocycles. The molecule has 4 rings (SSSR count). The Bertz CT molecular complexity index is 1180. The van der Waals surface area contributed by atoms with Gasteiger partial charge in [0.05, 0.1) is 23.6 Å². The standard InChI is InChI=1S/C26H30N2O4/c1-5-6-15-31-19-10-8-18(9-11-19)23-22-24(29)20-16-17(2)7-12-21(20)32-25(22)26(30)28(23)14-13-27(3)4/h7-12,16,23H,5-6,13-15H2,1-4H3. The number of nitrogens with zero attached hydrogens (tertiary/aromatic N) is 2. The van der Waals surface area contributed by atoms with Crippen LogP contribution in [0, 0.1) is 6.92 Å². The number of rotatable bonds is 8. The number of carbonyl (C=O) groups is 1. The molecule has 6 nitrogen and oxygen atoms in total. The molecule has 6 heteroatoms. The van der Waals surface area contributed by atoms with Crippen LogP contribution < -0.4 is 10.2 Å². The van der Waals surface area contributed by atoms with Crippen molar-refractivity contribution in [2.45, 2.75) is 32.7 Å². The first-order valence-electron chi connectivity index (χ1n) is 11.2. The number of amides is 1. The van der Waals surface area contributed by atoms with E-state index in [9.17, 15) is 9.59 Å². The zero-order chi connectivity index (χ0) is 22.8. The van der Waals surface area contributed by atoms with Gasteiger partial charge in [-0.2, -0.15) is 0 Å². The van der Waals surface area contributed by atoms with Crippen molar-refractivity contribution in [1.82, 2.24) is 9.80 Å². The van der Waals surface area contributed by atoms with Crippen LogP contribution in [0.15, 0.2) is 51.7 Å². The third-order valence-corrected chi connectivity index (χ3v) is 5.87. The van der Waals surface area contributed by atoms with Crippen LogP contribution in [0.2, 0.25) is 0 Å². The molecular formula is C26H30N2O4. The van der Waals surface area contributed by atoms with Gasteiger partial charge in [-0.25, -0.2) is 0 Å². The third kappa shape index (κ3) is 4.15. The molecule has 0 saturated heterocycles. The Hall–Kier alpha value is -3.12. The minimum absolute atomic E-state index is 0.140. The van der Waals surface area contributed by atoms with Gasteiger partial charge in [0, 0.05) is 13.1 Å². The highest BCUT2D eigenvalue weighted by molar-refractivity contribution is 5.99. The van der Waals surface area contributed by atoms with E-state index in [1.165, 1.54) is 0 Å². The lowest BCUT2D eigenvalue weighted by molar-refractivity contribution is 0.0716. The van der Waals surface area contributed by atoms with E-state index >= 15 is 0 Å². The molecule has 32 heavy (non-hydrogen) atoms. The summed E-state index contributed by atoms with van der Waals surface area (Å²) in [4.78, 5) is 30.7. The molecular weight excluding hydrogens is 404 g/mol. The summed E-state index contributed by atoms with van der Waals surface area (Å²) in [6, 6.07) is 12.7. The minimum Gasteiger partial charge on any atom is -0.494 e. The summed E-state index contributed by atoms with van der Waals surface area (Å²) in [6.07, 6.45) is 2.07. The second kappa shape index (κ2) is 9.17. The molecule has 168 valence electrons. The number of hydrogen-bond acceptors (Lipinski definition) is 5. The smallest absolute Gasteiger partial charge is 0.290 e. The molecule has 3 aromatic rings. The van der Waals surface area contributed by atoms with Gasteiger partial charge in [-0.15, -0.1) is 0 Å². The fourth-order valence-corrected chi connectivity index (χ4v) is 4.10. The van der Waals surface area contributed by atoms with Gasteiger partial charge in [0.25, 0.3) is 5.91 Å². The first kappa shape index (κ1) is 22.1. The largest absolute Gasteiger partial charge is 0.494 e. The van der Waals surface area contributed by atoms with Gasteiger partial charge in [0.15, 0.2) is 5.43 Å². The average molecular weight is 435 g/mol. The summed E-state index contributed by atoms with van der Waals surface area (Å²) in [6.45, 7) is 5.91. The molecule has 1 atom stereocenters. The lowest BCUT2D eigenvalue weighted by atomic mass is 9.98. The number of fused-ring (bicyclic) bond motifs is 2. The summed E-state index contributed by atoms with van der Waals surface area (Å²) in [5, 5.41) is 0.510. The molecule has 2 heterocycles. The van der Waals surface area contributed by atoms with Crippen molar-refractivity contribution >= 4 is 16.9 Å². The van der Waals surface area contributed by atoms with Crippen molar-refractivity contribution in [3.63, 3.8) is 0 Å². The Morgan fingerprint density at radius 2 is 1.84 bits per heavy atom. The van der Waals surface area contributed by atoms with E-state index < -0.39 is 6.04 Å². The highest BCUT2D eigenvalue weighted by atomic mass is 16.5. The Morgan fingerprint density at radius 1 is 1.09 bits per heavy atom. The first-order chi connectivity index (χ1) is 15.4. The summed E-state index contributed by atoms with van der Waals surface area (Å²) in [5.74, 6) is 0.695. The van der Waals surface area contributed by atoms with Crippen LogP contribution >= 0.6 is 0 Å². The van der Waals surface area contributed by atoms with Crippen LogP contribution in [-0.2, 0) is 0 Å². The van der Waals surface area contributed by atoms with E-state index in [4.69, 9.17) is 9.15 Å². The molecule has 0 N–H and O–H groups in total. The lowest BCUT2D eigenvalue weighted by Crippen LogP contribution is -2.35. The SMILES string of the molecule is CCCCOc1ccc(C2c3c(oc4ccc(C)cc4c3=O)C(=O)N2CCN(C)C)cc1. The maximum absolute atomic E-state index is 13.6. The second-order valence-corrected chi connectivity index (χ2v) is 8.65. The quantitative estimate of drug-likeness (QED) is 0.492. The highest BCUT2D eigenvalue weighted by Gasteiger charge is 2.42. The maximum atomic E-state index is 13.6. The Morgan fingerprint density at radius 3 is 2.53 bits per heavy atom. The summed E-state index contributed by atoms with van der Waals surface area (Å²) >= 11 is 0. The molecule has 0 fully saturated rings. The molecule has 0 radical (unpaired) electrons. The van der Waals surface area contributed by atoms with Gasteiger partial charge in [0.1, 0.15) is 11.3 Å². The first-order valence-corrected chi connectivity index (χ1v) is 11.2. The zero-order valence-corrected chi connectivity index (χ0v) is 19.2. The van der Waals surface area contributed by atoms with E-state index in [0.29, 0.717) is 36.2 Å². The van der Waals surface area contributed by atoms with Gasteiger partial charge in [-0.1, -0.05) is 37.1 Å². The third-order valence-electron chi connectivity index (χ3n) is 5.87. The Kier molecular flexibility index (Phi) is 6.33. The van der Waals surface area contributed by atoms with Gasteiger partial charge in [-0.05, 0) is 57.3 Å². The molecule has 0 bridgehead atoms. The maximum Gasteiger partial charge on any atom is 0.290 e. The van der Waals surface area contributed by atoms with Gasteiger partial charge in [0.2, 0.25) is 5.76 Å². The van der Waals surface area contributed by atoms with E-state index in [1.54, 1.807) is 11.0 Å². The summed E-state index contributed by atoms with van der Waals surface area (Å²) in [7, 11) is 3.93. The lowest BCUT2D eigenvalue weighted by Gasteiger charge is -2.26.